The Morgan fingerprint density at radius 3 is 2.85 bits per heavy atom. The predicted octanol–water partition coefficient (Wildman–Crippen LogP) is 1.29. The highest BCUT2D eigenvalue weighted by Gasteiger charge is 2.03. The summed E-state index contributed by atoms with van der Waals surface area (Å²) in [5, 5.41) is 6.53. The summed E-state index contributed by atoms with van der Waals surface area (Å²) in [5.74, 6) is 1.00. The van der Waals surface area contributed by atoms with Crippen LogP contribution in [0.15, 0.2) is 16.7 Å². The number of hydrogen-bond donors (Lipinski definition) is 2. The molecule has 1 unspecified atom stereocenters. The number of aryl methyl sites for hydroxylation is 1. The number of rotatable bonds is 5. The minimum atomic E-state index is 0.485. The third kappa shape index (κ3) is 3.20. The summed E-state index contributed by atoms with van der Waals surface area (Å²) in [5.41, 5.74) is 1.24. The number of nitrogens with one attached hydrogen (secondary N) is 2. The molecule has 1 rings (SSSR count). The van der Waals surface area contributed by atoms with Crippen LogP contribution < -0.4 is 10.6 Å². The van der Waals surface area contributed by atoms with Gasteiger partial charge in [0.15, 0.2) is 0 Å². The Hall–Kier alpha value is -0.800. The van der Waals surface area contributed by atoms with Crippen molar-refractivity contribution < 1.29 is 4.42 Å². The van der Waals surface area contributed by atoms with E-state index in [0.717, 1.165) is 18.8 Å². The van der Waals surface area contributed by atoms with Crippen LogP contribution in [0, 0.1) is 6.92 Å². The smallest absolute Gasteiger partial charge is 0.105 e. The van der Waals surface area contributed by atoms with E-state index in [0.29, 0.717) is 6.04 Å². The molecule has 0 bridgehead atoms. The molecule has 0 saturated heterocycles. The SMILES string of the molecule is CNCC(C)NCc1ccoc1C. The van der Waals surface area contributed by atoms with Crippen molar-refractivity contribution in [1.82, 2.24) is 10.6 Å². The second kappa shape index (κ2) is 5.04. The summed E-state index contributed by atoms with van der Waals surface area (Å²) in [6.07, 6.45) is 1.73. The molecule has 0 aliphatic heterocycles. The number of hydrogen-bond acceptors (Lipinski definition) is 3. The maximum absolute atomic E-state index is 5.20. The van der Waals surface area contributed by atoms with Gasteiger partial charge in [-0.2, -0.15) is 0 Å². The highest BCUT2D eigenvalue weighted by Crippen LogP contribution is 2.07. The van der Waals surface area contributed by atoms with Gasteiger partial charge in [0.1, 0.15) is 5.76 Å². The molecule has 0 amide bonds. The summed E-state index contributed by atoms with van der Waals surface area (Å²) >= 11 is 0. The molecule has 1 atom stereocenters. The Labute approximate surface area is 79.5 Å². The zero-order valence-electron chi connectivity index (χ0n) is 8.55. The minimum Gasteiger partial charge on any atom is -0.469 e. The highest BCUT2D eigenvalue weighted by molar-refractivity contribution is 5.14. The fourth-order valence-corrected chi connectivity index (χ4v) is 1.26. The Morgan fingerprint density at radius 2 is 2.31 bits per heavy atom. The van der Waals surface area contributed by atoms with Gasteiger partial charge in [0.05, 0.1) is 6.26 Å². The fourth-order valence-electron chi connectivity index (χ4n) is 1.26. The average Bonchev–Trinajstić information content (AvgIpc) is 2.48. The summed E-state index contributed by atoms with van der Waals surface area (Å²) in [6, 6.07) is 2.49. The first-order chi connectivity index (χ1) is 6.24. The molecule has 0 aliphatic carbocycles. The van der Waals surface area contributed by atoms with E-state index in [2.05, 4.69) is 17.6 Å². The van der Waals surface area contributed by atoms with Crippen LogP contribution in [0.25, 0.3) is 0 Å². The molecule has 3 heteroatoms. The topological polar surface area (TPSA) is 37.2 Å². The Balaban J connectivity index is 2.30. The van der Waals surface area contributed by atoms with Crippen molar-refractivity contribution in [1.29, 1.82) is 0 Å². The molecule has 0 saturated carbocycles. The van der Waals surface area contributed by atoms with Gasteiger partial charge in [0.25, 0.3) is 0 Å². The molecule has 0 aromatic carbocycles. The lowest BCUT2D eigenvalue weighted by atomic mass is 10.2. The van der Waals surface area contributed by atoms with Crippen LogP contribution in [0.2, 0.25) is 0 Å². The number of furan rings is 1. The zero-order valence-corrected chi connectivity index (χ0v) is 8.55. The van der Waals surface area contributed by atoms with Gasteiger partial charge in [0.2, 0.25) is 0 Å². The van der Waals surface area contributed by atoms with Crippen LogP contribution in [0.5, 0.6) is 0 Å². The Bertz CT molecular complexity index is 245. The van der Waals surface area contributed by atoms with Crippen molar-refractivity contribution in [2.45, 2.75) is 26.4 Å². The maximum Gasteiger partial charge on any atom is 0.105 e. The van der Waals surface area contributed by atoms with Crippen molar-refractivity contribution >= 4 is 0 Å². The highest BCUT2D eigenvalue weighted by atomic mass is 16.3. The van der Waals surface area contributed by atoms with Crippen LogP contribution in [-0.2, 0) is 6.54 Å². The molecule has 0 fully saturated rings. The van der Waals surface area contributed by atoms with Crippen LogP contribution in [0.4, 0.5) is 0 Å². The van der Waals surface area contributed by atoms with Crippen LogP contribution in [-0.4, -0.2) is 19.6 Å². The van der Waals surface area contributed by atoms with E-state index in [4.69, 9.17) is 4.42 Å². The number of likely N-dealkylation sites (N-methyl/N-ethyl adjacent to an activating group) is 1. The van der Waals surface area contributed by atoms with E-state index in [1.54, 1.807) is 6.26 Å². The molecule has 2 N–H and O–H groups in total. The lowest BCUT2D eigenvalue weighted by Crippen LogP contribution is -2.34. The second-order valence-corrected chi connectivity index (χ2v) is 3.34. The van der Waals surface area contributed by atoms with Gasteiger partial charge < -0.3 is 15.1 Å². The fraction of sp³-hybridized carbons (Fsp3) is 0.600. The summed E-state index contributed by atoms with van der Waals surface area (Å²) < 4.78 is 5.20. The maximum atomic E-state index is 5.20. The molecule has 0 spiro atoms. The Kier molecular flexibility index (Phi) is 3.99. The first-order valence-corrected chi connectivity index (χ1v) is 4.65. The predicted molar refractivity (Wildman–Crippen MR) is 53.7 cm³/mol. The van der Waals surface area contributed by atoms with Crippen molar-refractivity contribution in [3.63, 3.8) is 0 Å². The molecule has 1 aromatic heterocycles. The van der Waals surface area contributed by atoms with Gasteiger partial charge in [-0.05, 0) is 27.0 Å². The molecule has 74 valence electrons. The standard InChI is InChI=1S/C10H18N2O/c1-8(6-11-3)12-7-10-4-5-13-9(10)2/h4-5,8,11-12H,6-7H2,1-3H3. The average molecular weight is 182 g/mol. The first kappa shape index (κ1) is 10.3. The van der Waals surface area contributed by atoms with Gasteiger partial charge >= 0.3 is 0 Å². The monoisotopic (exact) mass is 182 g/mol. The first-order valence-electron chi connectivity index (χ1n) is 4.65. The summed E-state index contributed by atoms with van der Waals surface area (Å²) in [7, 11) is 1.96. The molecule has 0 aliphatic rings. The largest absolute Gasteiger partial charge is 0.469 e. The van der Waals surface area contributed by atoms with E-state index in [9.17, 15) is 0 Å². The van der Waals surface area contributed by atoms with Gasteiger partial charge in [-0.3, -0.25) is 0 Å². The van der Waals surface area contributed by atoms with E-state index in [1.165, 1.54) is 5.56 Å². The van der Waals surface area contributed by atoms with Gasteiger partial charge in [0, 0.05) is 24.7 Å². The normalized spacial score (nSPS) is 13.2. The third-order valence-electron chi connectivity index (χ3n) is 2.12. The van der Waals surface area contributed by atoms with Crippen molar-refractivity contribution in [2.75, 3.05) is 13.6 Å². The molecular weight excluding hydrogens is 164 g/mol. The minimum absolute atomic E-state index is 0.485. The molecule has 1 heterocycles. The molecule has 1 aromatic rings. The quantitative estimate of drug-likeness (QED) is 0.720. The van der Waals surface area contributed by atoms with Crippen molar-refractivity contribution in [3.05, 3.63) is 23.7 Å². The molecular formula is C10H18N2O. The van der Waals surface area contributed by atoms with Gasteiger partial charge in [-0.15, -0.1) is 0 Å². The second-order valence-electron chi connectivity index (χ2n) is 3.34. The van der Waals surface area contributed by atoms with Crippen LogP contribution in [0.3, 0.4) is 0 Å². The van der Waals surface area contributed by atoms with E-state index < -0.39 is 0 Å². The lowest BCUT2D eigenvalue weighted by Gasteiger charge is -2.12. The third-order valence-corrected chi connectivity index (χ3v) is 2.12. The van der Waals surface area contributed by atoms with Crippen molar-refractivity contribution in [2.24, 2.45) is 0 Å². The van der Waals surface area contributed by atoms with Crippen LogP contribution >= 0.6 is 0 Å². The summed E-state index contributed by atoms with van der Waals surface area (Å²) in [6.45, 7) is 6.01. The van der Waals surface area contributed by atoms with E-state index in [-0.39, 0.29) is 0 Å². The lowest BCUT2D eigenvalue weighted by molar-refractivity contribution is 0.504. The molecule has 0 radical (unpaired) electrons. The van der Waals surface area contributed by atoms with E-state index >= 15 is 0 Å². The molecule has 3 nitrogen and oxygen atoms in total. The van der Waals surface area contributed by atoms with Crippen molar-refractivity contribution in [3.8, 4) is 0 Å². The van der Waals surface area contributed by atoms with E-state index in [1.807, 2.05) is 20.0 Å². The zero-order chi connectivity index (χ0) is 9.68. The summed E-state index contributed by atoms with van der Waals surface area (Å²) in [4.78, 5) is 0. The van der Waals surface area contributed by atoms with Crippen LogP contribution in [0.1, 0.15) is 18.2 Å². The Morgan fingerprint density at radius 1 is 1.54 bits per heavy atom. The van der Waals surface area contributed by atoms with Gasteiger partial charge in [-0.25, -0.2) is 0 Å². The van der Waals surface area contributed by atoms with Gasteiger partial charge in [-0.1, -0.05) is 0 Å². The molecule has 13 heavy (non-hydrogen) atoms.